The van der Waals surface area contributed by atoms with E-state index in [9.17, 15) is 8.42 Å². The number of aromatic nitrogens is 5. The lowest BCUT2D eigenvalue weighted by molar-refractivity contribution is 0.361. The van der Waals surface area contributed by atoms with E-state index in [-0.39, 0.29) is 0 Å². The summed E-state index contributed by atoms with van der Waals surface area (Å²) in [7, 11) is 1.03. The summed E-state index contributed by atoms with van der Waals surface area (Å²) in [6, 6.07) is 4.59. The van der Waals surface area contributed by atoms with Crippen LogP contribution >= 0.6 is 11.6 Å². The summed E-state index contributed by atoms with van der Waals surface area (Å²) in [5, 5.41) is 5.74. The maximum absolute atomic E-state index is 13.4. The minimum atomic E-state index is -3.85. The Morgan fingerprint density at radius 1 is 1.06 bits per heavy atom. The van der Waals surface area contributed by atoms with Crippen LogP contribution in [0.25, 0.3) is 33.2 Å². The second kappa shape index (κ2) is 8.16. The molecule has 4 aromatic rings. The van der Waals surface area contributed by atoms with Crippen molar-refractivity contribution >= 4 is 49.7 Å². The zero-order chi connectivity index (χ0) is 25.5. The van der Waals surface area contributed by atoms with Crippen molar-refractivity contribution < 1.29 is 8.42 Å². The third kappa shape index (κ3) is 3.45. The van der Waals surface area contributed by atoms with Gasteiger partial charge >= 0.3 is 10.2 Å². The molecule has 3 atom stereocenters. The van der Waals surface area contributed by atoms with Crippen molar-refractivity contribution in [3.05, 3.63) is 35.2 Å². The Kier molecular flexibility index (Phi) is 5.37. The van der Waals surface area contributed by atoms with E-state index >= 15 is 0 Å². The van der Waals surface area contributed by atoms with Crippen LogP contribution in [0.3, 0.4) is 0 Å². The number of benzene rings is 1. The third-order valence-corrected chi connectivity index (χ3v) is 9.79. The molecule has 2 bridgehead atoms. The molecule has 3 aromatic heterocycles. The molecule has 6 rings (SSSR count). The van der Waals surface area contributed by atoms with Gasteiger partial charge in [-0.3, -0.25) is 4.68 Å². The fraction of sp³-hybridized carbons (Fsp3) is 0.480. The molecule has 0 N–H and O–H groups in total. The molecule has 190 valence electrons. The van der Waals surface area contributed by atoms with E-state index in [1.807, 2.05) is 32.3 Å². The number of piperidine rings is 1. The highest BCUT2D eigenvalue weighted by Crippen LogP contribution is 2.43. The number of hydrogen-bond donors (Lipinski definition) is 0. The Hall–Kier alpha value is -2.69. The van der Waals surface area contributed by atoms with E-state index in [1.165, 1.54) is 22.4 Å². The SMILES string of the molecule is Cc1nc2c(-c3ccc4nn(C)cc4c3Cl)cn(S(=O)(=O)N(C)C)c2nc1N1[C@@H]2CC[C@H]1CC(C)C2. The summed E-state index contributed by atoms with van der Waals surface area (Å²) >= 11 is 6.85. The number of fused-ring (bicyclic) bond motifs is 4. The number of halogens is 1. The van der Waals surface area contributed by atoms with Gasteiger partial charge in [0.25, 0.3) is 0 Å². The van der Waals surface area contributed by atoms with Crippen LogP contribution in [0, 0.1) is 12.8 Å². The molecule has 2 aliphatic rings. The fourth-order valence-electron chi connectivity index (χ4n) is 6.05. The molecule has 0 radical (unpaired) electrons. The highest BCUT2D eigenvalue weighted by Gasteiger charge is 2.41. The average Bonchev–Trinajstić information content (AvgIpc) is 3.45. The molecule has 9 nitrogen and oxygen atoms in total. The van der Waals surface area contributed by atoms with E-state index in [2.05, 4.69) is 16.9 Å². The van der Waals surface area contributed by atoms with Crippen LogP contribution in [-0.4, -0.2) is 62.6 Å². The second-order valence-electron chi connectivity index (χ2n) is 10.5. The van der Waals surface area contributed by atoms with Gasteiger partial charge in [0.2, 0.25) is 0 Å². The fourth-order valence-corrected chi connectivity index (χ4v) is 7.30. The molecule has 5 heterocycles. The topological polar surface area (TPSA) is 89.1 Å². The summed E-state index contributed by atoms with van der Waals surface area (Å²) in [6.45, 7) is 4.28. The number of anilines is 1. The normalized spacial score (nSPS) is 22.4. The Bertz CT molecular complexity index is 1610. The van der Waals surface area contributed by atoms with Crippen LogP contribution in [0.4, 0.5) is 5.82 Å². The van der Waals surface area contributed by atoms with Gasteiger partial charge in [-0.15, -0.1) is 0 Å². The van der Waals surface area contributed by atoms with Crippen molar-refractivity contribution in [2.75, 3.05) is 19.0 Å². The minimum absolute atomic E-state index is 0.319. The highest BCUT2D eigenvalue weighted by molar-refractivity contribution is 7.87. The lowest BCUT2D eigenvalue weighted by Crippen LogP contribution is -2.43. The van der Waals surface area contributed by atoms with E-state index in [0.717, 1.165) is 48.1 Å². The molecule has 2 fully saturated rings. The van der Waals surface area contributed by atoms with Gasteiger partial charge in [-0.25, -0.2) is 13.9 Å². The van der Waals surface area contributed by atoms with Gasteiger partial charge in [0.1, 0.15) is 5.52 Å². The first kappa shape index (κ1) is 23.7. The minimum Gasteiger partial charge on any atom is -0.349 e. The summed E-state index contributed by atoms with van der Waals surface area (Å²) in [5.41, 5.74) is 3.74. The lowest BCUT2D eigenvalue weighted by Gasteiger charge is -2.39. The molecule has 0 aliphatic carbocycles. The lowest BCUT2D eigenvalue weighted by atomic mass is 9.92. The van der Waals surface area contributed by atoms with Crippen molar-refractivity contribution in [1.29, 1.82) is 0 Å². The molecule has 1 unspecified atom stereocenters. The Balaban J connectivity index is 1.60. The van der Waals surface area contributed by atoms with Crippen molar-refractivity contribution in [1.82, 2.24) is 28.0 Å². The summed E-state index contributed by atoms with van der Waals surface area (Å²) in [4.78, 5) is 12.4. The molecule has 0 spiro atoms. The highest BCUT2D eigenvalue weighted by atomic mass is 35.5. The first-order valence-corrected chi connectivity index (χ1v) is 14.1. The smallest absolute Gasteiger partial charge is 0.308 e. The quantitative estimate of drug-likeness (QED) is 0.391. The molecule has 2 aliphatic heterocycles. The van der Waals surface area contributed by atoms with Gasteiger partial charge < -0.3 is 4.90 Å². The van der Waals surface area contributed by atoms with Gasteiger partial charge in [-0.05, 0) is 44.6 Å². The predicted molar refractivity (Wildman–Crippen MR) is 143 cm³/mol. The number of nitrogens with zero attached hydrogens (tertiary/aromatic N) is 7. The van der Waals surface area contributed by atoms with Gasteiger partial charge in [0.05, 0.1) is 16.2 Å². The largest absolute Gasteiger partial charge is 0.349 e. The number of hydrogen-bond acceptors (Lipinski definition) is 6. The van der Waals surface area contributed by atoms with Crippen LogP contribution in [0.15, 0.2) is 24.5 Å². The molecular weight excluding hydrogens is 498 g/mol. The van der Waals surface area contributed by atoms with Gasteiger partial charge in [0.15, 0.2) is 11.5 Å². The molecule has 1 aromatic carbocycles. The Labute approximate surface area is 215 Å². The third-order valence-electron chi connectivity index (χ3n) is 7.69. The zero-order valence-corrected chi connectivity index (χ0v) is 22.7. The van der Waals surface area contributed by atoms with Crippen molar-refractivity contribution in [2.45, 2.75) is 51.6 Å². The molecular formula is C25H30ClN7O2S. The molecule has 36 heavy (non-hydrogen) atoms. The van der Waals surface area contributed by atoms with Crippen LogP contribution in [-0.2, 0) is 17.3 Å². The second-order valence-corrected chi connectivity index (χ2v) is 12.9. The number of aryl methyl sites for hydroxylation is 2. The monoisotopic (exact) mass is 527 g/mol. The summed E-state index contributed by atoms with van der Waals surface area (Å²) in [6.07, 6.45) is 7.98. The Morgan fingerprint density at radius 3 is 2.42 bits per heavy atom. The van der Waals surface area contributed by atoms with Crippen LogP contribution in [0.2, 0.25) is 5.02 Å². The van der Waals surface area contributed by atoms with Crippen molar-refractivity contribution in [3.63, 3.8) is 0 Å². The maximum atomic E-state index is 13.4. The van der Waals surface area contributed by atoms with Crippen LogP contribution < -0.4 is 4.90 Å². The van der Waals surface area contributed by atoms with Gasteiger partial charge in [-0.2, -0.15) is 17.8 Å². The number of rotatable bonds is 4. The standard InChI is InChI=1S/C25H30ClN7O2S/c1-14-10-16-6-7-17(11-14)33(16)24-15(2)27-23-19(13-32(25(23)28-24)36(34,35)30(3)4)18-8-9-21-20(22(18)26)12-31(5)29-21/h8-9,12-14,16-17H,6-7,10-11H2,1-5H3/t14?,16-,17+. The molecule has 2 saturated heterocycles. The van der Waals surface area contributed by atoms with Gasteiger partial charge in [0, 0.05) is 62.1 Å². The average molecular weight is 528 g/mol. The van der Waals surface area contributed by atoms with Crippen molar-refractivity contribution in [2.24, 2.45) is 13.0 Å². The first-order chi connectivity index (χ1) is 17.1. The van der Waals surface area contributed by atoms with Crippen LogP contribution in [0.5, 0.6) is 0 Å². The van der Waals surface area contributed by atoms with Gasteiger partial charge in [-0.1, -0.05) is 24.6 Å². The Morgan fingerprint density at radius 2 is 1.75 bits per heavy atom. The van der Waals surface area contributed by atoms with E-state index in [4.69, 9.17) is 21.6 Å². The first-order valence-electron chi connectivity index (χ1n) is 12.3. The zero-order valence-electron chi connectivity index (χ0n) is 21.1. The van der Waals surface area contributed by atoms with Crippen molar-refractivity contribution in [3.8, 4) is 11.1 Å². The predicted octanol–water partition coefficient (Wildman–Crippen LogP) is 4.37. The van der Waals surface area contributed by atoms with E-state index < -0.39 is 10.2 Å². The van der Waals surface area contributed by atoms with E-state index in [1.54, 1.807) is 10.9 Å². The molecule has 0 saturated carbocycles. The maximum Gasteiger partial charge on any atom is 0.308 e. The van der Waals surface area contributed by atoms with E-state index in [0.29, 0.717) is 45.3 Å². The summed E-state index contributed by atoms with van der Waals surface area (Å²) < 4.78 is 31.0. The molecule has 11 heteroatoms. The molecule has 0 amide bonds. The summed E-state index contributed by atoms with van der Waals surface area (Å²) in [5.74, 6) is 1.47. The van der Waals surface area contributed by atoms with Crippen LogP contribution in [0.1, 0.15) is 38.3 Å².